The number of aliphatic hydroxyl groups excluding tert-OH is 1. The fraction of sp³-hybridized carbons (Fsp3) is 0.762. The molecule has 170 valence electrons. The molecular formula is C21H27F3N4O3. The van der Waals surface area contributed by atoms with Crippen LogP contribution in [0.2, 0.25) is 0 Å². The summed E-state index contributed by atoms with van der Waals surface area (Å²) in [6.07, 6.45) is 1.04. The number of fused-ring (bicyclic) bond motifs is 1. The van der Waals surface area contributed by atoms with Crippen molar-refractivity contribution in [1.82, 2.24) is 14.9 Å². The number of hydrogen-bond donors (Lipinski definition) is 2. The van der Waals surface area contributed by atoms with E-state index in [1.807, 2.05) is 0 Å². The van der Waals surface area contributed by atoms with Crippen molar-refractivity contribution in [3.8, 4) is 0 Å². The minimum absolute atomic E-state index is 0.0951. The summed E-state index contributed by atoms with van der Waals surface area (Å²) in [5.41, 5.74) is -2.13. The van der Waals surface area contributed by atoms with E-state index in [4.69, 9.17) is 4.74 Å². The van der Waals surface area contributed by atoms with Crippen LogP contribution in [0, 0.1) is 17.8 Å². The van der Waals surface area contributed by atoms with Crippen molar-refractivity contribution < 1.29 is 27.8 Å². The number of nitrogens with one attached hydrogen (secondary N) is 1. The molecule has 1 amide bonds. The topological polar surface area (TPSA) is 87.6 Å². The highest BCUT2D eigenvalue weighted by Crippen LogP contribution is 2.54. The van der Waals surface area contributed by atoms with E-state index in [1.165, 1.54) is 4.90 Å². The van der Waals surface area contributed by atoms with Crippen LogP contribution in [0.5, 0.6) is 0 Å². The molecule has 0 radical (unpaired) electrons. The van der Waals surface area contributed by atoms with E-state index in [0.717, 1.165) is 38.3 Å². The number of nitrogens with zero attached hydrogens (tertiary/aromatic N) is 3. The van der Waals surface area contributed by atoms with Gasteiger partial charge < -0.3 is 20.1 Å². The first kappa shape index (κ1) is 20.9. The summed E-state index contributed by atoms with van der Waals surface area (Å²) in [6, 6.07) is 0. The van der Waals surface area contributed by atoms with Crippen molar-refractivity contribution in [1.29, 1.82) is 0 Å². The Kier molecular flexibility index (Phi) is 5.12. The molecule has 4 saturated carbocycles. The Balaban J connectivity index is 1.43. The molecule has 2 N–H and O–H groups in total. The molecule has 2 heterocycles. The Morgan fingerprint density at radius 2 is 1.87 bits per heavy atom. The van der Waals surface area contributed by atoms with Gasteiger partial charge in [0.15, 0.2) is 5.69 Å². The lowest BCUT2D eigenvalue weighted by Crippen LogP contribution is -2.50. The van der Waals surface area contributed by atoms with Gasteiger partial charge in [0.2, 0.25) is 5.95 Å². The molecule has 6 rings (SSSR count). The van der Waals surface area contributed by atoms with Gasteiger partial charge in [0.05, 0.1) is 24.9 Å². The van der Waals surface area contributed by atoms with Gasteiger partial charge in [-0.2, -0.15) is 13.2 Å². The van der Waals surface area contributed by atoms with Crippen LogP contribution in [0.25, 0.3) is 0 Å². The Hall–Kier alpha value is -1.94. The molecule has 5 aliphatic rings. The van der Waals surface area contributed by atoms with Gasteiger partial charge in [0.25, 0.3) is 5.91 Å². The first-order valence-electron chi connectivity index (χ1n) is 11.0. The monoisotopic (exact) mass is 440 g/mol. The van der Waals surface area contributed by atoms with Crippen molar-refractivity contribution >= 4 is 11.9 Å². The van der Waals surface area contributed by atoms with Crippen molar-refractivity contribution in [2.24, 2.45) is 17.8 Å². The van der Waals surface area contributed by atoms with E-state index in [1.54, 1.807) is 0 Å². The molecule has 5 atom stereocenters. The lowest BCUT2D eigenvalue weighted by atomic mass is 9.63. The van der Waals surface area contributed by atoms with Crippen molar-refractivity contribution in [2.75, 3.05) is 31.6 Å². The van der Waals surface area contributed by atoms with Gasteiger partial charge in [-0.25, -0.2) is 9.97 Å². The standard InChI is InChI=1S/C21H27F3N4O3/c22-21(23,24)17-15(18(30)28-1-3-31-4-2-28)11-25-19(26-17)27-20-8-12-5-13(9-20)7-16(29)14(6-12)10-20/h11-14,16,29H,1-10H2,(H,25,26,27). The molecule has 5 fully saturated rings. The molecule has 5 unspecified atom stereocenters. The summed E-state index contributed by atoms with van der Waals surface area (Å²) in [5.74, 6) is 0.159. The Morgan fingerprint density at radius 3 is 2.58 bits per heavy atom. The molecule has 31 heavy (non-hydrogen) atoms. The second-order valence-electron chi connectivity index (χ2n) is 9.64. The van der Waals surface area contributed by atoms with Crippen LogP contribution in [0.4, 0.5) is 19.1 Å². The maximum Gasteiger partial charge on any atom is 0.434 e. The number of anilines is 1. The lowest BCUT2D eigenvalue weighted by molar-refractivity contribution is -0.141. The third-order valence-corrected chi connectivity index (χ3v) is 7.40. The van der Waals surface area contributed by atoms with Crippen LogP contribution >= 0.6 is 0 Å². The summed E-state index contributed by atoms with van der Waals surface area (Å²) in [7, 11) is 0. The van der Waals surface area contributed by atoms with Gasteiger partial charge >= 0.3 is 6.18 Å². The molecule has 0 aromatic carbocycles. The predicted molar refractivity (Wildman–Crippen MR) is 104 cm³/mol. The van der Waals surface area contributed by atoms with E-state index in [-0.39, 0.29) is 31.1 Å². The number of hydrogen-bond acceptors (Lipinski definition) is 6. The molecule has 4 bridgehead atoms. The Labute approximate surface area is 178 Å². The number of aromatic nitrogens is 2. The van der Waals surface area contributed by atoms with Crippen LogP contribution in [0.3, 0.4) is 0 Å². The fourth-order valence-electron chi connectivity index (χ4n) is 6.33. The maximum atomic E-state index is 13.8. The number of ether oxygens (including phenoxy) is 1. The first-order chi connectivity index (χ1) is 14.7. The van der Waals surface area contributed by atoms with Crippen LogP contribution in [0.1, 0.15) is 54.6 Å². The highest BCUT2D eigenvalue weighted by Gasteiger charge is 2.51. The van der Waals surface area contributed by atoms with Crippen molar-refractivity contribution in [3.05, 3.63) is 17.5 Å². The molecule has 7 nitrogen and oxygen atoms in total. The second kappa shape index (κ2) is 7.58. The Bertz CT molecular complexity index is 861. The van der Waals surface area contributed by atoms with Crippen molar-refractivity contribution in [2.45, 2.75) is 56.3 Å². The quantitative estimate of drug-likeness (QED) is 0.752. The van der Waals surface area contributed by atoms with Crippen LogP contribution < -0.4 is 5.32 Å². The molecule has 0 spiro atoms. The summed E-state index contributed by atoms with van der Waals surface area (Å²) in [5, 5.41) is 13.7. The van der Waals surface area contributed by atoms with E-state index < -0.39 is 28.9 Å². The van der Waals surface area contributed by atoms with Gasteiger partial charge in [0.1, 0.15) is 0 Å². The van der Waals surface area contributed by atoms with Crippen LogP contribution in [-0.2, 0) is 10.9 Å². The number of morpholine rings is 1. The van der Waals surface area contributed by atoms with Gasteiger partial charge in [0, 0.05) is 24.8 Å². The molecule has 1 saturated heterocycles. The first-order valence-corrected chi connectivity index (χ1v) is 11.0. The summed E-state index contributed by atoms with van der Waals surface area (Å²) >= 11 is 0. The van der Waals surface area contributed by atoms with Crippen LogP contribution in [-0.4, -0.2) is 63.8 Å². The average Bonchev–Trinajstić information content (AvgIpc) is 2.88. The third-order valence-electron chi connectivity index (χ3n) is 7.40. The van der Waals surface area contributed by atoms with E-state index in [9.17, 15) is 23.1 Å². The molecular weight excluding hydrogens is 413 g/mol. The summed E-state index contributed by atoms with van der Waals surface area (Å²) in [4.78, 5) is 22.0. The number of amides is 1. The highest BCUT2D eigenvalue weighted by molar-refractivity contribution is 5.95. The number of aliphatic hydroxyl groups is 1. The lowest BCUT2D eigenvalue weighted by Gasteiger charge is -2.48. The summed E-state index contributed by atoms with van der Waals surface area (Å²) in [6.45, 7) is 1.08. The zero-order valence-corrected chi connectivity index (χ0v) is 17.2. The summed E-state index contributed by atoms with van der Waals surface area (Å²) < 4.78 is 46.7. The molecule has 1 aromatic rings. The van der Waals surface area contributed by atoms with Gasteiger partial charge in [-0.1, -0.05) is 0 Å². The minimum atomic E-state index is -4.77. The molecule has 10 heteroatoms. The third kappa shape index (κ3) is 4.00. The van der Waals surface area contributed by atoms with Crippen molar-refractivity contribution in [3.63, 3.8) is 0 Å². The van der Waals surface area contributed by atoms with Gasteiger partial charge in [-0.05, 0) is 56.3 Å². The van der Waals surface area contributed by atoms with Crippen LogP contribution in [0.15, 0.2) is 6.20 Å². The molecule has 1 aromatic heterocycles. The molecule has 1 aliphatic heterocycles. The zero-order chi connectivity index (χ0) is 21.8. The number of rotatable bonds is 3. The highest BCUT2D eigenvalue weighted by atomic mass is 19.4. The normalized spacial score (nSPS) is 35.2. The van der Waals surface area contributed by atoms with E-state index >= 15 is 0 Å². The van der Waals surface area contributed by atoms with Gasteiger partial charge in [-0.3, -0.25) is 4.79 Å². The minimum Gasteiger partial charge on any atom is -0.393 e. The SMILES string of the molecule is O=C(c1cnc(NC23CC4CC(CC(C2)C(O)C4)C3)nc1C(F)(F)F)N1CCOCC1. The maximum absolute atomic E-state index is 13.8. The van der Waals surface area contributed by atoms with E-state index in [0.29, 0.717) is 31.5 Å². The smallest absolute Gasteiger partial charge is 0.393 e. The zero-order valence-electron chi connectivity index (χ0n) is 17.2. The number of alkyl halides is 3. The molecule has 4 aliphatic carbocycles. The number of carbonyl (C=O) groups is 1. The second-order valence-corrected chi connectivity index (χ2v) is 9.64. The van der Waals surface area contributed by atoms with Gasteiger partial charge in [-0.15, -0.1) is 0 Å². The number of halogens is 3. The predicted octanol–water partition coefficient (Wildman–Crippen LogP) is 2.71. The number of carbonyl (C=O) groups excluding carboxylic acids is 1. The Morgan fingerprint density at radius 1 is 1.16 bits per heavy atom. The fourth-order valence-corrected chi connectivity index (χ4v) is 6.33. The largest absolute Gasteiger partial charge is 0.434 e. The average molecular weight is 440 g/mol. The van der Waals surface area contributed by atoms with E-state index in [2.05, 4.69) is 15.3 Å².